The molecule has 43 heavy (non-hydrogen) atoms. The number of rotatable bonds is 9. The summed E-state index contributed by atoms with van der Waals surface area (Å²) in [6.45, 7) is 14.8. The molecule has 0 saturated carbocycles. The van der Waals surface area contributed by atoms with E-state index >= 15 is 0 Å². The largest absolute Gasteiger partial charge is 0.473 e. The molecule has 0 amide bonds. The molecule has 9 heteroatoms. The Morgan fingerprint density at radius 3 is 2.47 bits per heavy atom. The Labute approximate surface area is 284 Å². The van der Waals surface area contributed by atoms with E-state index in [1.165, 1.54) is 11.6 Å². The molecule has 0 spiro atoms. The minimum atomic E-state index is -0.991. The van der Waals surface area contributed by atoms with Crippen LogP contribution in [-0.2, 0) is 16.1 Å². The molecule has 1 saturated heterocycles. The molecule has 1 aromatic heterocycles. The van der Waals surface area contributed by atoms with Crippen LogP contribution >= 0.6 is 11.6 Å². The average molecular weight is 838 g/mol. The van der Waals surface area contributed by atoms with E-state index in [1.807, 2.05) is 45.3 Å². The van der Waals surface area contributed by atoms with Gasteiger partial charge in [0.15, 0.2) is 0 Å². The van der Waals surface area contributed by atoms with E-state index in [0.29, 0.717) is 40.7 Å². The number of aromatic nitrogens is 1. The zero-order valence-corrected chi connectivity index (χ0v) is 30.7. The van der Waals surface area contributed by atoms with E-state index in [0.717, 1.165) is 37.3 Å². The van der Waals surface area contributed by atoms with Gasteiger partial charge in [0.2, 0.25) is 5.88 Å². The molecule has 5 nitrogen and oxygen atoms in total. The zero-order valence-electron chi connectivity index (χ0n) is 25.8. The SMILES string of the molecule is C=C(C)CN1CC[C@H](c2cccc(OCc3ccc(Cl)cc3F)n2)C(F)C1.CCCOC.Cc1ccc([C-]=O)cc1C.[U]. The van der Waals surface area contributed by atoms with Crippen molar-refractivity contribution in [3.05, 3.63) is 106 Å². The number of ether oxygens (including phenoxy) is 2. The first-order chi connectivity index (χ1) is 20.1. The second-order valence-corrected chi connectivity index (χ2v) is 10.9. The molecule has 1 fully saturated rings. The number of pyridine rings is 1. The summed E-state index contributed by atoms with van der Waals surface area (Å²) in [6, 6.07) is 15.3. The standard InChI is InChI=1S/C21H23ClF2N2O.C9H9O.C4H10O.U/c1-14(2)11-26-9-8-17(19(24)12-26)20-4-3-5-21(25-20)27-13-15-6-7-16(22)10-18(15)23;1-7-3-4-9(6-10)5-8(7)2;1-3-4-5-2;/h3-7,10,17,19H,1,8-9,11-13H2,2H3;3-5H,1-2H3;3-4H2,1-2H3;/q;-1;;/t17-,19?;;;/m0.../s1. The number of halogens is 3. The fraction of sp³-hybridized carbons (Fsp3) is 0.412. The molecular formula is C34H42ClF2N2O3U-. The fourth-order valence-corrected chi connectivity index (χ4v) is 4.50. The molecule has 4 rings (SSSR count). The van der Waals surface area contributed by atoms with Gasteiger partial charge in [0.1, 0.15) is 18.6 Å². The summed E-state index contributed by atoms with van der Waals surface area (Å²) in [7, 11) is 1.71. The summed E-state index contributed by atoms with van der Waals surface area (Å²) in [5, 5.41) is 0.336. The molecule has 1 aliphatic rings. The molecule has 1 unspecified atom stereocenters. The van der Waals surface area contributed by atoms with Gasteiger partial charge in [-0.2, -0.15) is 17.7 Å². The van der Waals surface area contributed by atoms with Crippen molar-refractivity contribution in [2.45, 2.75) is 59.2 Å². The van der Waals surface area contributed by atoms with Gasteiger partial charge in [-0.15, -0.1) is 11.6 Å². The third-order valence-corrected chi connectivity index (χ3v) is 6.90. The van der Waals surface area contributed by atoms with Gasteiger partial charge >= 0.3 is 0 Å². The third-order valence-electron chi connectivity index (χ3n) is 6.67. The van der Waals surface area contributed by atoms with Crippen LogP contribution in [0.25, 0.3) is 0 Å². The van der Waals surface area contributed by atoms with Gasteiger partial charge in [-0.25, -0.2) is 13.8 Å². The molecule has 0 N–H and O–H groups in total. The van der Waals surface area contributed by atoms with Crippen LogP contribution in [0.2, 0.25) is 5.02 Å². The Morgan fingerprint density at radius 1 is 1.16 bits per heavy atom. The first-order valence-electron chi connectivity index (χ1n) is 14.1. The van der Waals surface area contributed by atoms with Crippen LogP contribution < -0.4 is 4.74 Å². The van der Waals surface area contributed by atoms with Crippen molar-refractivity contribution >= 4 is 17.9 Å². The maximum absolute atomic E-state index is 14.7. The van der Waals surface area contributed by atoms with Crippen molar-refractivity contribution < 1.29 is 54.2 Å². The van der Waals surface area contributed by atoms with Crippen LogP contribution in [-0.4, -0.2) is 55.7 Å². The minimum absolute atomic E-state index is 0. The number of aryl methyl sites for hydroxylation is 2. The minimum Gasteiger partial charge on any atom is -0.473 e. The van der Waals surface area contributed by atoms with E-state index in [9.17, 15) is 13.6 Å². The molecule has 1 aliphatic heterocycles. The number of benzene rings is 2. The van der Waals surface area contributed by atoms with Gasteiger partial charge in [-0.05, 0) is 51.4 Å². The number of alkyl halides is 1. The van der Waals surface area contributed by atoms with E-state index in [2.05, 4.69) is 23.4 Å². The Hall–Kier alpha value is -2.08. The van der Waals surface area contributed by atoms with Gasteiger partial charge in [-0.1, -0.05) is 55.3 Å². The molecule has 2 aromatic carbocycles. The fourth-order valence-electron chi connectivity index (χ4n) is 4.34. The number of hydrogen-bond donors (Lipinski definition) is 0. The van der Waals surface area contributed by atoms with Gasteiger partial charge in [0.05, 0.1) is 12.0 Å². The topological polar surface area (TPSA) is 51.7 Å². The summed E-state index contributed by atoms with van der Waals surface area (Å²) in [6.07, 6.45) is 2.67. The number of methoxy groups -OCH3 is 1. The van der Waals surface area contributed by atoms with Crippen molar-refractivity contribution in [2.75, 3.05) is 33.4 Å². The summed E-state index contributed by atoms with van der Waals surface area (Å²) in [5.41, 5.74) is 5.07. The van der Waals surface area contributed by atoms with Gasteiger partial charge in [-0.3, -0.25) is 4.90 Å². The first kappa shape index (κ1) is 38.9. The number of carbonyl (C=O) groups excluding carboxylic acids is 1. The van der Waals surface area contributed by atoms with Crippen molar-refractivity contribution in [3.63, 3.8) is 0 Å². The third kappa shape index (κ3) is 14.1. The van der Waals surface area contributed by atoms with Gasteiger partial charge in [0, 0.05) is 80.5 Å². The Morgan fingerprint density at radius 2 is 1.91 bits per heavy atom. The second kappa shape index (κ2) is 20.8. The quantitative estimate of drug-likeness (QED) is 0.162. The van der Waals surface area contributed by atoms with Crippen LogP contribution in [0.4, 0.5) is 8.78 Å². The Kier molecular flexibility index (Phi) is 18.8. The first-order valence-corrected chi connectivity index (χ1v) is 14.4. The van der Waals surface area contributed by atoms with Crippen LogP contribution in [0.15, 0.2) is 66.7 Å². The van der Waals surface area contributed by atoms with E-state index in [1.54, 1.807) is 37.4 Å². The van der Waals surface area contributed by atoms with Crippen LogP contribution in [0, 0.1) is 50.8 Å². The Bertz CT molecular complexity index is 1290. The Balaban J connectivity index is 0.000000477. The maximum atomic E-state index is 14.7. The van der Waals surface area contributed by atoms with Crippen molar-refractivity contribution in [1.29, 1.82) is 0 Å². The van der Waals surface area contributed by atoms with E-state index < -0.39 is 12.0 Å². The number of nitrogens with zero attached hydrogens (tertiary/aromatic N) is 2. The van der Waals surface area contributed by atoms with Crippen LogP contribution in [0.1, 0.15) is 60.6 Å². The number of piperidine rings is 1. The monoisotopic (exact) mass is 837 g/mol. The summed E-state index contributed by atoms with van der Waals surface area (Å²) < 4.78 is 38.9. The predicted octanol–water partition coefficient (Wildman–Crippen LogP) is 7.96. The predicted molar refractivity (Wildman–Crippen MR) is 166 cm³/mol. The second-order valence-electron chi connectivity index (χ2n) is 10.4. The van der Waals surface area contributed by atoms with E-state index in [4.69, 9.17) is 21.1 Å². The summed E-state index contributed by atoms with van der Waals surface area (Å²) in [5.74, 6) is -0.326. The molecule has 0 radical (unpaired) electrons. The summed E-state index contributed by atoms with van der Waals surface area (Å²) >= 11 is 5.76. The maximum Gasteiger partial charge on any atom is 0.213 e. The zero-order chi connectivity index (χ0) is 31.1. The van der Waals surface area contributed by atoms with Gasteiger partial charge < -0.3 is 14.3 Å². The number of hydrogen-bond acceptors (Lipinski definition) is 5. The molecule has 0 aliphatic carbocycles. The summed E-state index contributed by atoms with van der Waals surface area (Å²) in [4.78, 5) is 16.7. The normalized spacial score (nSPS) is 16.0. The van der Waals surface area contributed by atoms with E-state index in [-0.39, 0.29) is 43.6 Å². The van der Waals surface area contributed by atoms with Gasteiger partial charge in [0.25, 0.3) is 0 Å². The van der Waals surface area contributed by atoms with Crippen molar-refractivity contribution in [2.24, 2.45) is 0 Å². The van der Waals surface area contributed by atoms with Crippen LogP contribution in [0.5, 0.6) is 5.88 Å². The molecule has 2 heterocycles. The smallest absolute Gasteiger partial charge is 0.213 e. The van der Waals surface area contributed by atoms with Crippen LogP contribution in [0.3, 0.4) is 0 Å². The van der Waals surface area contributed by atoms with Crippen molar-refractivity contribution in [1.82, 2.24) is 9.88 Å². The number of likely N-dealkylation sites (tertiary alicyclic amines) is 1. The average Bonchev–Trinajstić information content (AvgIpc) is 2.95. The molecular weight excluding hydrogens is 796 g/mol. The molecule has 0 bridgehead atoms. The van der Waals surface area contributed by atoms with Crippen molar-refractivity contribution in [3.8, 4) is 5.88 Å². The molecule has 232 valence electrons. The molecule has 2 atom stereocenters. The molecule has 3 aromatic rings.